The number of nitrogens with two attached hydrogens (primary N) is 2. The molecule has 0 radical (unpaired) electrons. The van der Waals surface area contributed by atoms with Crippen LogP contribution in [-0.2, 0) is 10.0 Å². The Hall–Kier alpha value is -1.11. The van der Waals surface area contributed by atoms with Crippen molar-refractivity contribution < 1.29 is 13.2 Å². The van der Waals surface area contributed by atoms with Crippen molar-refractivity contribution in [3.63, 3.8) is 0 Å². The largest absolute Gasteiger partial charge is 0.490 e. The quantitative estimate of drug-likeness (QED) is 0.856. The second-order valence-electron chi connectivity index (χ2n) is 4.68. The smallest absolute Gasteiger partial charge is 0.238 e. The van der Waals surface area contributed by atoms with E-state index in [2.05, 4.69) is 0 Å². The molecule has 1 aromatic rings. The summed E-state index contributed by atoms with van der Waals surface area (Å²) >= 11 is 0. The van der Waals surface area contributed by atoms with E-state index < -0.39 is 10.0 Å². The highest BCUT2D eigenvalue weighted by Crippen LogP contribution is 2.23. The summed E-state index contributed by atoms with van der Waals surface area (Å²) in [6.07, 6.45) is 4.07. The van der Waals surface area contributed by atoms with Gasteiger partial charge >= 0.3 is 0 Å². The first-order valence-electron chi connectivity index (χ1n) is 6.00. The second kappa shape index (κ2) is 5.26. The zero-order valence-electron chi connectivity index (χ0n) is 10.1. The highest BCUT2D eigenvalue weighted by Gasteiger charge is 2.20. The van der Waals surface area contributed by atoms with Gasteiger partial charge in [0.2, 0.25) is 10.0 Å². The summed E-state index contributed by atoms with van der Waals surface area (Å²) < 4.78 is 28.0. The van der Waals surface area contributed by atoms with Crippen LogP contribution in [0.1, 0.15) is 25.7 Å². The fraction of sp³-hybridized carbons (Fsp3) is 0.500. The molecule has 100 valence electrons. The molecule has 1 aliphatic rings. The van der Waals surface area contributed by atoms with Gasteiger partial charge in [0.05, 0.1) is 4.90 Å². The van der Waals surface area contributed by atoms with Crippen LogP contribution in [0.15, 0.2) is 29.2 Å². The third kappa shape index (κ3) is 3.44. The van der Waals surface area contributed by atoms with Crippen LogP contribution in [0.4, 0.5) is 0 Å². The summed E-state index contributed by atoms with van der Waals surface area (Å²) in [5.41, 5.74) is 5.88. The SMILES string of the molecule is NC1CCCC(Oc2ccc(S(N)(=O)=O)cc2)C1. The molecule has 5 nitrogen and oxygen atoms in total. The van der Waals surface area contributed by atoms with Gasteiger partial charge in [-0.1, -0.05) is 0 Å². The number of primary sulfonamides is 1. The third-order valence-corrected chi connectivity index (χ3v) is 4.05. The molecule has 6 heteroatoms. The van der Waals surface area contributed by atoms with Crippen molar-refractivity contribution in [3.8, 4) is 5.75 Å². The molecule has 0 heterocycles. The number of sulfonamides is 1. The van der Waals surface area contributed by atoms with E-state index in [1.807, 2.05) is 0 Å². The van der Waals surface area contributed by atoms with Crippen LogP contribution in [-0.4, -0.2) is 20.6 Å². The van der Waals surface area contributed by atoms with Gasteiger partial charge in [0, 0.05) is 6.04 Å². The fourth-order valence-corrected chi connectivity index (χ4v) is 2.70. The predicted octanol–water partition coefficient (Wildman–Crippen LogP) is 0.983. The van der Waals surface area contributed by atoms with Crippen molar-refractivity contribution >= 4 is 10.0 Å². The lowest BCUT2D eigenvalue weighted by Gasteiger charge is -2.27. The summed E-state index contributed by atoms with van der Waals surface area (Å²) in [7, 11) is -3.64. The molecule has 0 aromatic heterocycles. The summed E-state index contributed by atoms with van der Waals surface area (Å²) in [5, 5.41) is 5.02. The van der Waals surface area contributed by atoms with Crippen LogP contribution in [0.3, 0.4) is 0 Å². The molecule has 1 aliphatic carbocycles. The van der Waals surface area contributed by atoms with E-state index in [4.69, 9.17) is 15.6 Å². The first-order chi connectivity index (χ1) is 8.45. The maximum absolute atomic E-state index is 11.1. The van der Waals surface area contributed by atoms with Crippen LogP contribution in [0, 0.1) is 0 Å². The van der Waals surface area contributed by atoms with Crippen molar-refractivity contribution in [3.05, 3.63) is 24.3 Å². The number of hydrogen-bond acceptors (Lipinski definition) is 4. The monoisotopic (exact) mass is 270 g/mol. The van der Waals surface area contributed by atoms with Crippen molar-refractivity contribution in [2.24, 2.45) is 10.9 Å². The van der Waals surface area contributed by atoms with Gasteiger partial charge in [0.15, 0.2) is 0 Å². The van der Waals surface area contributed by atoms with E-state index >= 15 is 0 Å². The molecule has 1 aromatic carbocycles. The molecule has 2 atom stereocenters. The molecule has 0 spiro atoms. The van der Waals surface area contributed by atoms with E-state index in [-0.39, 0.29) is 17.0 Å². The zero-order valence-corrected chi connectivity index (χ0v) is 10.9. The lowest BCUT2D eigenvalue weighted by molar-refractivity contribution is 0.144. The molecular weight excluding hydrogens is 252 g/mol. The molecule has 1 fully saturated rings. The molecule has 0 aliphatic heterocycles. The van der Waals surface area contributed by atoms with Crippen molar-refractivity contribution in [2.45, 2.75) is 42.7 Å². The Morgan fingerprint density at radius 3 is 2.39 bits per heavy atom. The Kier molecular flexibility index (Phi) is 3.89. The first-order valence-corrected chi connectivity index (χ1v) is 7.55. The third-order valence-electron chi connectivity index (χ3n) is 3.12. The topological polar surface area (TPSA) is 95.4 Å². The Morgan fingerprint density at radius 2 is 1.83 bits per heavy atom. The van der Waals surface area contributed by atoms with Gasteiger partial charge in [-0.05, 0) is 49.9 Å². The average molecular weight is 270 g/mol. The minimum atomic E-state index is -3.64. The molecule has 2 unspecified atom stereocenters. The lowest BCUT2D eigenvalue weighted by atomic mass is 9.93. The zero-order chi connectivity index (χ0) is 13.2. The summed E-state index contributed by atoms with van der Waals surface area (Å²) in [6, 6.07) is 6.35. The van der Waals surface area contributed by atoms with Crippen molar-refractivity contribution in [1.82, 2.24) is 0 Å². The lowest BCUT2D eigenvalue weighted by Crippen LogP contribution is -2.33. The Bertz CT molecular complexity index is 499. The highest BCUT2D eigenvalue weighted by atomic mass is 32.2. The number of ether oxygens (including phenoxy) is 1. The maximum Gasteiger partial charge on any atom is 0.238 e. The predicted molar refractivity (Wildman–Crippen MR) is 68.7 cm³/mol. The number of hydrogen-bond donors (Lipinski definition) is 2. The van der Waals surface area contributed by atoms with E-state index in [0.717, 1.165) is 25.7 Å². The molecule has 4 N–H and O–H groups in total. The minimum Gasteiger partial charge on any atom is -0.490 e. The molecule has 0 amide bonds. The van der Waals surface area contributed by atoms with Crippen molar-refractivity contribution in [1.29, 1.82) is 0 Å². The normalized spacial score (nSPS) is 24.8. The van der Waals surface area contributed by atoms with Crippen LogP contribution in [0.2, 0.25) is 0 Å². The van der Waals surface area contributed by atoms with Gasteiger partial charge in [0.1, 0.15) is 11.9 Å². The molecule has 0 bridgehead atoms. The Morgan fingerprint density at radius 1 is 1.17 bits per heavy atom. The van der Waals surface area contributed by atoms with Gasteiger partial charge in [-0.3, -0.25) is 0 Å². The van der Waals surface area contributed by atoms with Gasteiger partial charge in [-0.15, -0.1) is 0 Å². The van der Waals surface area contributed by atoms with E-state index in [9.17, 15) is 8.42 Å². The molecule has 0 saturated heterocycles. The summed E-state index contributed by atoms with van der Waals surface area (Å²) in [4.78, 5) is 0.0928. The second-order valence-corrected chi connectivity index (χ2v) is 6.24. The van der Waals surface area contributed by atoms with E-state index in [1.54, 1.807) is 12.1 Å². The molecule has 18 heavy (non-hydrogen) atoms. The Labute approximate surface area is 107 Å². The van der Waals surface area contributed by atoms with Crippen molar-refractivity contribution in [2.75, 3.05) is 0 Å². The van der Waals surface area contributed by atoms with Crippen LogP contribution >= 0.6 is 0 Å². The van der Waals surface area contributed by atoms with E-state index in [0.29, 0.717) is 5.75 Å². The molecular formula is C12H18N2O3S. The molecule has 2 rings (SSSR count). The van der Waals surface area contributed by atoms with Crippen LogP contribution in [0.5, 0.6) is 5.75 Å². The van der Waals surface area contributed by atoms with Gasteiger partial charge < -0.3 is 10.5 Å². The first kappa shape index (κ1) is 13.3. The highest BCUT2D eigenvalue weighted by molar-refractivity contribution is 7.89. The summed E-state index contributed by atoms with van der Waals surface area (Å²) in [6.45, 7) is 0. The standard InChI is InChI=1S/C12H18N2O3S/c13-9-2-1-3-11(8-9)17-10-4-6-12(7-5-10)18(14,15)16/h4-7,9,11H,1-3,8,13H2,(H2,14,15,16). The fourth-order valence-electron chi connectivity index (χ4n) is 2.19. The Balaban J connectivity index is 2.02. The summed E-state index contributed by atoms with van der Waals surface area (Å²) in [5.74, 6) is 0.654. The van der Waals surface area contributed by atoms with Gasteiger partial charge in [-0.25, -0.2) is 13.6 Å². The van der Waals surface area contributed by atoms with Gasteiger partial charge in [-0.2, -0.15) is 0 Å². The minimum absolute atomic E-state index is 0.0928. The van der Waals surface area contributed by atoms with Crippen LogP contribution in [0.25, 0.3) is 0 Å². The van der Waals surface area contributed by atoms with Gasteiger partial charge in [0.25, 0.3) is 0 Å². The maximum atomic E-state index is 11.1. The number of benzene rings is 1. The van der Waals surface area contributed by atoms with E-state index in [1.165, 1.54) is 12.1 Å². The average Bonchev–Trinajstić information content (AvgIpc) is 2.28. The molecule has 1 saturated carbocycles. The van der Waals surface area contributed by atoms with Crippen LogP contribution < -0.4 is 15.6 Å². The number of rotatable bonds is 3.